The topological polar surface area (TPSA) is 47.4 Å². The zero-order valence-electron chi connectivity index (χ0n) is 11.3. The molecule has 1 fully saturated rings. The zero-order valence-corrected chi connectivity index (χ0v) is 11.3. The van der Waals surface area contributed by atoms with E-state index in [1.807, 2.05) is 20.9 Å². The second-order valence-corrected chi connectivity index (χ2v) is 5.17. The molecule has 0 aliphatic carbocycles. The van der Waals surface area contributed by atoms with E-state index in [1.54, 1.807) is 21.8 Å². The molecule has 0 saturated carbocycles. The fourth-order valence-corrected chi connectivity index (χ4v) is 2.29. The molecule has 5 heteroatoms. The second kappa shape index (κ2) is 5.52. The SMILES string of the molecule is CC(C)n1nccc1C(=O)N(C)C[C@H]1CCOC1. The van der Waals surface area contributed by atoms with E-state index < -0.39 is 0 Å². The molecule has 1 aliphatic heterocycles. The van der Waals surface area contributed by atoms with Gasteiger partial charge in [-0.3, -0.25) is 9.48 Å². The van der Waals surface area contributed by atoms with Crippen molar-refractivity contribution >= 4 is 5.91 Å². The van der Waals surface area contributed by atoms with Crippen LogP contribution in [0.4, 0.5) is 0 Å². The lowest BCUT2D eigenvalue weighted by molar-refractivity contribution is 0.0751. The van der Waals surface area contributed by atoms with Gasteiger partial charge in [0.15, 0.2) is 0 Å². The minimum absolute atomic E-state index is 0.0353. The van der Waals surface area contributed by atoms with E-state index in [-0.39, 0.29) is 11.9 Å². The molecule has 0 bridgehead atoms. The Morgan fingerprint density at radius 2 is 2.44 bits per heavy atom. The summed E-state index contributed by atoms with van der Waals surface area (Å²) in [6, 6.07) is 1.98. The predicted molar refractivity (Wildman–Crippen MR) is 68.5 cm³/mol. The molecule has 1 aromatic rings. The minimum atomic E-state index is 0.0353. The first-order chi connectivity index (χ1) is 8.59. The third kappa shape index (κ3) is 2.72. The molecule has 0 radical (unpaired) electrons. The average molecular weight is 251 g/mol. The van der Waals surface area contributed by atoms with Crippen molar-refractivity contribution in [1.82, 2.24) is 14.7 Å². The van der Waals surface area contributed by atoms with E-state index in [9.17, 15) is 4.79 Å². The summed E-state index contributed by atoms with van der Waals surface area (Å²) in [5.74, 6) is 0.502. The van der Waals surface area contributed by atoms with E-state index in [0.29, 0.717) is 11.6 Å². The highest BCUT2D eigenvalue weighted by molar-refractivity contribution is 5.92. The van der Waals surface area contributed by atoms with Crippen LogP contribution in [0.1, 0.15) is 36.8 Å². The first-order valence-electron chi connectivity index (χ1n) is 6.46. The van der Waals surface area contributed by atoms with E-state index in [2.05, 4.69) is 5.10 Å². The molecule has 0 unspecified atom stereocenters. The van der Waals surface area contributed by atoms with Gasteiger partial charge in [-0.25, -0.2) is 0 Å². The Morgan fingerprint density at radius 1 is 1.67 bits per heavy atom. The minimum Gasteiger partial charge on any atom is -0.381 e. The maximum atomic E-state index is 12.3. The van der Waals surface area contributed by atoms with Crippen molar-refractivity contribution in [3.8, 4) is 0 Å². The van der Waals surface area contributed by atoms with Crippen LogP contribution in [0.15, 0.2) is 12.3 Å². The molecule has 0 aromatic carbocycles. The van der Waals surface area contributed by atoms with Gasteiger partial charge in [0, 0.05) is 38.4 Å². The lowest BCUT2D eigenvalue weighted by Crippen LogP contribution is -2.33. The maximum absolute atomic E-state index is 12.3. The van der Waals surface area contributed by atoms with Crippen molar-refractivity contribution in [3.63, 3.8) is 0 Å². The standard InChI is InChI=1S/C13H21N3O2/c1-10(2)16-12(4-6-14-16)13(17)15(3)8-11-5-7-18-9-11/h4,6,10-11H,5,7-9H2,1-3H3/t11-/m1/s1. The van der Waals surface area contributed by atoms with Crippen LogP contribution in [-0.2, 0) is 4.74 Å². The van der Waals surface area contributed by atoms with Gasteiger partial charge in [0.05, 0.1) is 6.61 Å². The number of carbonyl (C=O) groups is 1. The molecule has 0 N–H and O–H groups in total. The van der Waals surface area contributed by atoms with Crippen molar-refractivity contribution in [2.45, 2.75) is 26.3 Å². The average Bonchev–Trinajstić information content (AvgIpc) is 2.97. The number of ether oxygens (including phenoxy) is 1. The molecule has 1 aliphatic rings. The third-order valence-electron chi connectivity index (χ3n) is 3.28. The normalized spacial score (nSPS) is 19.4. The van der Waals surface area contributed by atoms with Crippen LogP contribution in [0.3, 0.4) is 0 Å². The number of amides is 1. The van der Waals surface area contributed by atoms with Gasteiger partial charge in [-0.05, 0) is 26.3 Å². The van der Waals surface area contributed by atoms with Gasteiger partial charge in [-0.1, -0.05) is 0 Å². The summed E-state index contributed by atoms with van der Waals surface area (Å²) in [6.45, 7) is 6.38. The predicted octanol–water partition coefficient (Wildman–Crippen LogP) is 1.57. The summed E-state index contributed by atoms with van der Waals surface area (Å²) in [4.78, 5) is 14.1. The first-order valence-corrected chi connectivity index (χ1v) is 6.46. The van der Waals surface area contributed by atoms with Gasteiger partial charge in [0.2, 0.25) is 0 Å². The van der Waals surface area contributed by atoms with E-state index in [0.717, 1.165) is 26.2 Å². The Morgan fingerprint density at radius 3 is 3.06 bits per heavy atom. The van der Waals surface area contributed by atoms with Gasteiger partial charge in [0.1, 0.15) is 5.69 Å². The van der Waals surface area contributed by atoms with Crippen LogP contribution >= 0.6 is 0 Å². The quantitative estimate of drug-likeness (QED) is 0.816. The highest BCUT2D eigenvalue weighted by atomic mass is 16.5. The van der Waals surface area contributed by atoms with Gasteiger partial charge in [0.25, 0.3) is 5.91 Å². The van der Waals surface area contributed by atoms with Crippen LogP contribution in [0.2, 0.25) is 0 Å². The van der Waals surface area contributed by atoms with Gasteiger partial charge < -0.3 is 9.64 Å². The van der Waals surface area contributed by atoms with Gasteiger partial charge in [-0.15, -0.1) is 0 Å². The summed E-state index contributed by atoms with van der Waals surface area (Å²) < 4.78 is 7.10. The molecule has 2 heterocycles. The molecular weight excluding hydrogens is 230 g/mol. The van der Waals surface area contributed by atoms with Crippen molar-refractivity contribution in [2.75, 3.05) is 26.8 Å². The number of rotatable bonds is 4. The van der Waals surface area contributed by atoms with Crippen LogP contribution in [0.25, 0.3) is 0 Å². The monoisotopic (exact) mass is 251 g/mol. The van der Waals surface area contributed by atoms with Crippen LogP contribution < -0.4 is 0 Å². The molecule has 1 aromatic heterocycles. The highest BCUT2D eigenvalue weighted by Gasteiger charge is 2.23. The van der Waals surface area contributed by atoms with Crippen LogP contribution in [-0.4, -0.2) is 47.4 Å². The molecule has 18 heavy (non-hydrogen) atoms. The summed E-state index contributed by atoms with van der Waals surface area (Å²) in [5.41, 5.74) is 0.659. The van der Waals surface area contributed by atoms with Crippen molar-refractivity contribution in [3.05, 3.63) is 18.0 Å². The molecular formula is C13H21N3O2. The molecule has 2 rings (SSSR count). The maximum Gasteiger partial charge on any atom is 0.271 e. The smallest absolute Gasteiger partial charge is 0.271 e. The fraction of sp³-hybridized carbons (Fsp3) is 0.692. The van der Waals surface area contributed by atoms with Crippen LogP contribution in [0, 0.1) is 5.92 Å². The van der Waals surface area contributed by atoms with E-state index in [1.165, 1.54) is 0 Å². The van der Waals surface area contributed by atoms with Gasteiger partial charge in [-0.2, -0.15) is 5.10 Å². The fourth-order valence-electron chi connectivity index (χ4n) is 2.29. The number of nitrogens with zero attached hydrogens (tertiary/aromatic N) is 3. The third-order valence-corrected chi connectivity index (χ3v) is 3.28. The Hall–Kier alpha value is -1.36. The summed E-state index contributed by atoms with van der Waals surface area (Å²) in [7, 11) is 1.85. The molecule has 5 nitrogen and oxygen atoms in total. The highest BCUT2D eigenvalue weighted by Crippen LogP contribution is 2.15. The van der Waals surface area contributed by atoms with E-state index >= 15 is 0 Å². The number of hydrogen-bond donors (Lipinski definition) is 0. The second-order valence-electron chi connectivity index (χ2n) is 5.17. The Kier molecular flexibility index (Phi) is 4.01. The molecule has 1 atom stereocenters. The lowest BCUT2D eigenvalue weighted by atomic mass is 10.1. The number of aromatic nitrogens is 2. The van der Waals surface area contributed by atoms with Crippen molar-refractivity contribution < 1.29 is 9.53 Å². The van der Waals surface area contributed by atoms with Crippen LogP contribution in [0.5, 0.6) is 0 Å². The molecule has 1 saturated heterocycles. The molecule has 100 valence electrons. The van der Waals surface area contributed by atoms with Crippen molar-refractivity contribution in [2.24, 2.45) is 5.92 Å². The summed E-state index contributed by atoms with van der Waals surface area (Å²) in [5, 5.41) is 4.20. The molecule has 0 spiro atoms. The number of carbonyl (C=O) groups excluding carboxylic acids is 1. The Labute approximate surface area is 108 Å². The first kappa shape index (κ1) is 13.1. The zero-order chi connectivity index (χ0) is 13.1. The van der Waals surface area contributed by atoms with Gasteiger partial charge >= 0.3 is 0 Å². The Balaban J connectivity index is 2.03. The summed E-state index contributed by atoms with van der Waals surface area (Å²) in [6.07, 6.45) is 2.72. The number of hydrogen-bond acceptors (Lipinski definition) is 3. The molecule has 1 amide bonds. The largest absolute Gasteiger partial charge is 0.381 e. The van der Waals surface area contributed by atoms with E-state index in [4.69, 9.17) is 4.74 Å². The lowest BCUT2D eigenvalue weighted by Gasteiger charge is -2.21. The summed E-state index contributed by atoms with van der Waals surface area (Å²) >= 11 is 0. The van der Waals surface area contributed by atoms with Crippen molar-refractivity contribution in [1.29, 1.82) is 0 Å². The Bertz CT molecular complexity index is 408.